The summed E-state index contributed by atoms with van der Waals surface area (Å²) in [6, 6.07) is 3.06. The number of amides is 1. The Bertz CT molecular complexity index is 813. The molecule has 0 bridgehead atoms. The molecule has 1 atom stereocenters. The second kappa shape index (κ2) is 8.99. The van der Waals surface area contributed by atoms with Crippen molar-refractivity contribution in [2.24, 2.45) is 5.92 Å². The molecule has 0 radical (unpaired) electrons. The number of fused-ring (bicyclic) bond motifs is 1. The average molecular weight is 393 g/mol. The molecule has 1 fully saturated rings. The monoisotopic (exact) mass is 393 g/mol. The number of alkyl halides is 2. The maximum atomic E-state index is 13.1. The lowest BCUT2D eigenvalue weighted by atomic mass is 9.92. The van der Waals surface area contributed by atoms with Gasteiger partial charge in [0.05, 0.1) is 11.7 Å². The van der Waals surface area contributed by atoms with Crippen LogP contribution in [0.25, 0.3) is 5.65 Å². The van der Waals surface area contributed by atoms with E-state index in [0.29, 0.717) is 17.2 Å². The maximum Gasteiger partial charge on any atom is 0.280 e. The van der Waals surface area contributed by atoms with Crippen LogP contribution in [0.1, 0.15) is 74.1 Å². The van der Waals surface area contributed by atoms with E-state index in [1.54, 1.807) is 23.6 Å². The molecule has 5 nitrogen and oxygen atoms in total. The Morgan fingerprint density at radius 3 is 2.71 bits per heavy atom. The molecule has 1 unspecified atom stereocenters. The Labute approximate surface area is 164 Å². The lowest BCUT2D eigenvalue weighted by Crippen LogP contribution is -2.39. The molecule has 28 heavy (non-hydrogen) atoms. The van der Waals surface area contributed by atoms with Crippen molar-refractivity contribution in [3.8, 4) is 0 Å². The van der Waals surface area contributed by atoms with Crippen LogP contribution in [-0.4, -0.2) is 34.0 Å². The second-order valence-corrected chi connectivity index (χ2v) is 7.84. The number of aryl methyl sites for hydroxylation is 1. The predicted octanol–water partition coefficient (Wildman–Crippen LogP) is 4.68. The summed E-state index contributed by atoms with van der Waals surface area (Å²) in [5, 5.41) is 3.04. The normalized spacial score (nSPS) is 21.2. The van der Waals surface area contributed by atoms with E-state index in [-0.39, 0.29) is 29.4 Å². The minimum absolute atomic E-state index is 0.0743. The number of nitrogens with zero attached hydrogens (tertiary/aromatic N) is 2. The van der Waals surface area contributed by atoms with Crippen LogP contribution in [0.4, 0.5) is 8.78 Å². The standard InChI is InChI=1S/C21H29F2N3O2/c1-4-13(2)12-28-16-7-5-15(6-8-16)24-21(27)17-9-10-26-14(3)11-18(19(22)23)25-20(17)26/h9-11,13,15-16,19H,4-8,12H2,1-3H3,(H,24,27). The molecule has 2 heterocycles. The van der Waals surface area contributed by atoms with Crippen LogP contribution in [0, 0.1) is 12.8 Å². The fourth-order valence-electron chi connectivity index (χ4n) is 3.61. The number of carbonyl (C=O) groups excluding carboxylic acids is 1. The Morgan fingerprint density at radius 1 is 1.36 bits per heavy atom. The lowest BCUT2D eigenvalue weighted by Gasteiger charge is -2.29. The second-order valence-electron chi connectivity index (χ2n) is 7.84. The van der Waals surface area contributed by atoms with Crippen LogP contribution in [0.2, 0.25) is 0 Å². The van der Waals surface area contributed by atoms with E-state index < -0.39 is 6.43 Å². The predicted molar refractivity (Wildman–Crippen MR) is 104 cm³/mol. The van der Waals surface area contributed by atoms with Gasteiger partial charge in [0.15, 0.2) is 0 Å². The summed E-state index contributed by atoms with van der Waals surface area (Å²) in [6.45, 7) is 6.85. The van der Waals surface area contributed by atoms with Gasteiger partial charge in [-0.1, -0.05) is 20.3 Å². The largest absolute Gasteiger partial charge is 0.378 e. The van der Waals surface area contributed by atoms with Crippen LogP contribution >= 0.6 is 0 Å². The van der Waals surface area contributed by atoms with Crippen molar-refractivity contribution in [1.82, 2.24) is 14.7 Å². The van der Waals surface area contributed by atoms with E-state index in [2.05, 4.69) is 24.1 Å². The van der Waals surface area contributed by atoms with Gasteiger partial charge in [0.1, 0.15) is 11.3 Å². The number of carbonyl (C=O) groups is 1. The number of halogens is 2. The first-order valence-electron chi connectivity index (χ1n) is 10.1. The Morgan fingerprint density at radius 2 is 2.07 bits per heavy atom. The molecule has 2 aromatic heterocycles. The van der Waals surface area contributed by atoms with Gasteiger partial charge in [-0.2, -0.15) is 0 Å². The maximum absolute atomic E-state index is 13.1. The first-order valence-corrected chi connectivity index (χ1v) is 10.1. The molecule has 1 aliphatic carbocycles. The third-order valence-corrected chi connectivity index (χ3v) is 5.62. The number of hydrogen-bond donors (Lipinski definition) is 1. The van der Waals surface area contributed by atoms with Crippen molar-refractivity contribution in [3.05, 3.63) is 35.3 Å². The number of hydrogen-bond acceptors (Lipinski definition) is 3. The summed E-state index contributed by atoms with van der Waals surface area (Å²) < 4.78 is 33.8. The van der Waals surface area contributed by atoms with E-state index in [9.17, 15) is 13.6 Å². The summed E-state index contributed by atoms with van der Waals surface area (Å²) in [5.41, 5.74) is 0.925. The molecule has 1 aliphatic rings. The van der Waals surface area contributed by atoms with Gasteiger partial charge in [-0.3, -0.25) is 4.79 Å². The fraction of sp³-hybridized carbons (Fsp3) is 0.619. The first kappa shape index (κ1) is 20.7. The van der Waals surface area contributed by atoms with Gasteiger partial charge in [-0.05, 0) is 50.7 Å². The van der Waals surface area contributed by atoms with E-state index >= 15 is 0 Å². The van der Waals surface area contributed by atoms with Crippen molar-refractivity contribution in [2.45, 2.75) is 71.4 Å². The summed E-state index contributed by atoms with van der Waals surface area (Å²) in [6.07, 6.45) is 3.96. The minimum atomic E-state index is -2.67. The number of aromatic nitrogens is 2. The molecule has 1 saturated carbocycles. The summed E-state index contributed by atoms with van der Waals surface area (Å²) in [7, 11) is 0. The molecule has 0 saturated heterocycles. The Balaban J connectivity index is 1.61. The highest BCUT2D eigenvalue weighted by atomic mass is 19.3. The topological polar surface area (TPSA) is 55.6 Å². The van der Waals surface area contributed by atoms with Crippen molar-refractivity contribution in [3.63, 3.8) is 0 Å². The molecule has 7 heteroatoms. The quantitative estimate of drug-likeness (QED) is 0.743. The van der Waals surface area contributed by atoms with Crippen LogP contribution in [0.5, 0.6) is 0 Å². The molecule has 0 spiro atoms. The number of rotatable bonds is 7. The van der Waals surface area contributed by atoms with Gasteiger partial charge in [0.2, 0.25) is 0 Å². The third kappa shape index (κ3) is 4.69. The SMILES string of the molecule is CCC(C)COC1CCC(NC(=O)c2ccn3c(C)cc(C(F)F)nc23)CC1. The van der Waals surface area contributed by atoms with Crippen molar-refractivity contribution < 1.29 is 18.3 Å². The molecular weight excluding hydrogens is 364 g/mol. The zero-order chi connectivity index (χ0) is 20.3. The zero-order valence-corrected chi connectivity index (χ0v) is 16.8. The van der Waals surface area contributed by atoms with Gasteiger partial charge < -0.3 is 14.5 Å². The molecule has 1 N–H and O–H groups in total. The van der Waals surface area contributed by atoms with Gasteiger partial charge in [0, 0.05) is 24.5 Å². The molecule has 154 valence electrons. The summed E-state index contributed by atoms with van der Waals surface area (Å²) in [4.78, 5) is 16.7. The Hall–Kier alpha value is -2.02. The van der Waals surface area contributed by atoms with Gasteiger partial charge in [0.25, 0.3) is 12.3 Å². The fourth-order valence-corrected chi connectivity index (χ4v) is 3.61. The van der Waals surface area contributed by atoms with E-state index in [0.717, 1.165) is 38.7 Å². The van der Waals surface area contributed by atoms with Gasteiger partial charge >= 0.3 is 0 Å². The lowest BCUT2D eigenvalue weighted by molar-refractivity contribution is 0.00537. The molecular formula is C21H29F2N3O2. The van der Waals surface area contributed by atoms with Gasteiger partial charge in [-0.15, -0.1) is 0 Å². The van der Waals surface area contributed by atoms with Crippen LogP contribution in [0.15, 0.2) is 18.3 Å². The highest BCUT2D eigenvalue weighted by Crippen LogP contribution is 2.24. The summed E-state index contributed by atoms with van der Waals surface area (Å²) >= 11 is 0. The number of ether oxygens (including phenoxy) is 1. The molecule has 0 aliphatic heterocycles. The van der Waals surface area contributed by atoms with Crippen molar-refractivity contribution in [1.29, 1.82) is 0 Å². The van der Waals surface area contributed by atoms with Crippen LogP contribution in [-0.2, 0) is 4.74 Å². The minimum Gasteiger partial charge on any atom is -0.378 e. The smallest absolute Gasteiger partial charge is 0.280 e. The highest BCUT2D eigenvalue weighted by molar-refractivity contribution is 6.00. The number of nitrogens with one attached hydrogen (secondary N) is 1. The van der Waals surface area contributed by atoms with E-state index in [4.69, 9.17) is 4.74 Å². The molecule has 3 rings (SSSR count). The average Bonchev–Trinajstić information content (AvgIpc) is 3.11. The van der Waals surface area contributed by atoms with E-state index in [1.807, 2.05) is 0 Å². The van der Waals surface area contributed by atoms with Crippen molar-refractivity contribution >= 4 is 11.6 Å². The molecule has 2 aromatic rings. The zero-order valence-electron chi connectivity index (χ0n) is 16.8. The summed E-state index contributed by atoms with van der Waals surface area (Å²) in [5.74, 6) is 0.305. The van der Waals surface area contributed by atoms with E-state index in [1.165, 1.54) is 6.07 Å². The van der Waals surface area contributed by atoms with Crippen LogP contribution in [0.3, 0.4) is 0 Å². The first-order chi connectivity index (χ1) is 13.4. The third-order valence-electron chi connectivity index (χ3n) is 5.62. The van der Waals surface area contributed by atoms with Gasteiger partial charge in [-0.25, -0.2) is 13.8 Å². The molecule has 1 amide bonds. The van der Waals surface area contributed by atoms with Crippen LogP contribution < -0.4 is 5.32 Å². The highest BCUT2D eigenvalue weighted by Gasteiger charge is 2.25. The van der Waals surface area contributed by atoms with Crippen molar-refractivity contribution in [2.75, 3.05) is 6.61 Å². The molecule has 0 aromatic carbocycles. The Kier molecular flexibility index (Phi) is 6.65.